The van der Waals surface area contributed by atoms with Gasteiger partial charge in [-0.1, -0.05) is 0 Å². The lowest BCUT2D eigenvalue weighted by Gasteiger charge is -2.09. The number of aryl methyl sites for hydroxylation is 1. The second-order valence-corrected chi connectivity index (χ2v) is 4.36. The average Bonchev–Trinajstić information content (AvgIpc) is 2.84. The number of anilines is 1. The summed E-state index contributed by atoms with van der Waals surface area (Å²) in [5.41, 5.74) is 7.13. The van der Waals surface area contributed by atoms with Crippen LogP contribution in [0.5, 0.6) is 0 Å². The van der Waals surface area contributed by atoms with Gasteiger partial charge in [-0.25, -0.2) is 10.8 Å². The first-order chi connectivity index (χ1) is 9.20. The lowest BCUT2D eigenvalue weighted by molar-refractivity contribution is 0.916. The predicted molar refractivity (Wildman–Crippen MR) is 73.5 cm³/mol. The van der Waals surface area contributed by atoms with Crippen LogP contribution in [0, 0.1) is 13.8 Å². The van der Waals surface area contributed by atoms with Crippen molar-refractivity contribution in [3.63, 3.8) is 0 Å². The van der Waals surface area contributed by atoms with E-state index in [2.05, 4.69) is 20.5 Å². The molecule has 0 aromatic carbocycles. The Hall–Kier alpha value is -2.47. The van der Waals surface area contributed by atoms with Crippen molar-refractivity contribution in [1.82, 2.24) is 19.6 Å². The van der Waals surface area contributed by atoms with Crippen LogP contribution in [-0.2, 0) is 0 Å². The maximum atomic E-state index is 5.58. The minimum absolute atomic E-state index is 0.748. The van der Waals surface area contributed by atoms with Crippen molar-refractivity contribution in [2.45, 2.75) is 13.8 Å². The summed E-state index contributed by atoms with van der Waals surface area (Å²) in [6, 6.07) is 5.76. The van der Waals surface area contributed by atoms with Crippen LogP contribution in [0.1, 0.15) is 11.3 Å². The van der Waals surface area contributed by atoms with Gasteiger partial charge in [-0.05, 0) is 26.0 Å². The Morgan fingerprint density at radius 1 is 1.32 bits per heavy atom. The molecule has 0 aliphatic rings. The van der Waals surface area contributed by atoms with E-state index < -0.39 is 0 Å². The Morgan fingerprint density at radius 2 is 2.16 bits per heavy atom. The fourth-order valence-electron chi connectivity index (χ4n) is 2.03. The second-order valence-electron chi connectivity index (χ2n) is 4.36. The molecule has 0 atom stereocenters. The van der Waals surface area contributed by atoms with Gasteiger partial charge in [0.1, 0.15) is 5.82 Å². The Kier molecular flexibility index (Phi) is 2.64. The Bertz CT molecular complexity index is 732. The third-order valence-corrected chi connectivity index (χ3v) is 3.18. The highest BCUT2D eigenvalue weighted by molar-refractivity contribution is 5.65. The van der Waals surface area contributed by atoms with Crippen LogP contribution >= 0.6 is 0 Å². The van der Waals surface area contributed by atoms with Crippen LogP contribution in [0.15, 0.2) is 30.6 Å². The molecule has 3 aromatic rings. The molecule has 3 aromatic heterocycles. The third-order valence-electron chi connectivity index (χ3n) is 3.18. The number of hydrazine groups is 1. The van der Waals surface area contributed by atoms with E-state index in [4.69, 9.17) is 5.84 Å². The Morgan fingerprint density at radius 3 is 2.84 bits per heavy atom. The van der Waals surface area contributed by atoms with Crippen LogP contribution in [0.3, 0.4) is 0 Å². The number of hydrogen-bond acceptors (Lipinski definition) is 5. The van der Waals surface area contributed by atoms with E-state index in [1.807, 2.05) is 32.0 Å². The summed E-state index contributed by atoms with van der Waals surface area (Å²) in [6.07, 6.45) is 3.51. The Labute approximate surface area is 110 Å². The number of rotatable bonds is 2. The molecule has 0 aliphatic carbocycles. The van der Waals surface area contributed by atoms with Gasteiger partial charge in [-0.2, -0.15) is 9.61 Å². The molecule has 6 heteroatoms. The second kappa shape index (κ2) is 4.33. The van der Waals surface area contributed by atoms with E-state index in [-0.39, 0.29) is 0 Å². The van der Waals surface area contributed by atoms with Crippen molar-refractivity contribution in [3.05, 3.63) is 41.9 Å². The molecule has 6 nitrogen and oxygen atoms in total. The van der Waals surface area contributed by atoms with E-state index in [0.717, 1.165) is 34.0 Å². The van der Waals surface area contributed by atoms with Crippen LogP contribution in [-0.4, -0.2) is 19.6 Å². The summed E-state index contributed by atoms with van der Waals surface area (Å²) in [4.78, 5) is 8.61. The molecule has 19 heavy (non-hydrogen) atoms. The van der Waals surface area contributed by atoms with Crippen molar-refractivity contribution < 1.29 is 0 Å². The lowest BCUT2D eigenvalue weighted by Crippen LogP contribution is -2.14. The van der Waals surface area contributed by atoms with E-state index in [1.54, 1.807) is 16.9 Å². The van der Waals surface area contributed by atoms with E-state index in [1.165, 1.54) is 0 Å². The van der Waals surface area contributed by atoms with Gasteiger partial charge in [-0.15, -0.1) is 0 Å². The van der Waals surface area contributed by atoms with Crippen molar-refractivity contribution in [1.29, 1.82) is 0 Å². The third kappa shape index (κ3) is 1.82. The van der Waals surface area contributed by atoms with Gasteiger partial charge in [-0.3, -0.25) is 4.98 Å². The lowest BCUT2D eigenvalue weighted by atomic mass is 10.2. The smallest absolute Gasteiger partial charge is 0.158 e. The largest absolute Gasteiger partial charge is 0.308 e. The normalized spacial score (nSPS) is 10.9. The summed E-state index contributed by atoms with van der Waals surface area (Å²) in [5, 5.41) is 4.53. The molecule has 0 radical (unpaired) electrons. The van der Waals surface area contributed by atoms with E-state index in [0.29, 0.717) is 0 Å². The molecule has 0 aliphatic heterocycles. The Balaban J connectivity index is 2.27. The van der Waals surface area contributed by atoms with Crippen molar-refractivity contribution >= 4 is 11.5 Å². The molecule has 0 saturated heterocycles. The van der Waals surface area contributed by atoms with Gasteiger partial charge in [0, 0.05) is 35.3 Å². The highest BCUT2D eigenvalue weighted by Gasteiger charge is 2.12. The van der Waals surface area contributed by atoms with Gasteiger partial charge in [0.05, 0.1) is 5.69 Å². The quantitative estimate of drug-likeness (QED) is 0.537. The van der Waals surface area contributed by atoms with Crippen LogP contribution in [0.4, 0.5) is 5.82 Å². The average molecular weight is 254 g/mol. The standard InChI is InChI=1S/C13H14N6/c1-8-9(2)16-12-6-11(10-4-3-5-15-7-10)18-19(12)13(8)17-14/h3-7,17H,14H2,1-2H3. The zero-order valence-corrected chi connectivity index (χ0v) is 10.8. The first-order valence-electron chi connectivity index (χ1n) is 5.94. The fourth-order valence-corrected chi connectivity index (χ4v) is 2.03. The molecule has 0 bridgehead atoms. The summed E-state index contributed by atoms with van der Waals surface area (Å²) < 4.78 is 1.71. The number of aromatic nitrogens is 4. The molecule has 3 N–H and O–H groups in total. The SMILES string of the molecule is Cc1nc2cc(-c3cccnc3)nn2c(NN)c1C. The number of nitrogens with zero attached hydrogens (tertiary/aromatic N) is 4. The number of nitrogens with two attached hydrogens (primary N) is 1. The number of nitrogen functional groups attached to an aromatic ring is 1. The summed E-state index contributed by atoms with van der Waals surface area (Å²) in [5.74, 6) is 6.33. The molecule has 96 valence electrons. The molecule has 0 saturated carbocycles. The maximum absolute atomic E-state index is 5.58. The van der Waals surface area contributed by atoms with Crippen LogP contribution in [0.25, 0.3) is 16.9 Å². The van der Waals surface area contributed by atoms with Crippen molar-refractivity contribution in [2.75, 3.05) is 5.43 Å². The fraction of sp³-hybridized carbons (Fsp3) is 0.154. The molecule has 3 heterocycles. The first kappa shape index (κ1) is 11.6. The number of hydrogen-bond donors (Lipinski definition) is 2. The summed E-state index contributed by atoms with van der Waals surface area (Å²) >= 11 is 0. The van der Waals surface area contributed by atoms with Gasteiger partial charge in [0.2, 0.25) is 0 Å². The van der Waals surface area contributed by atoms with Crippen molar-refractivity contribution in [2.24, 2.45) is 5.84 Å². The molecule has 0 spiro atoms. The zero-order chi connectivity index (χ0) is 13.4. The van der Waals surface area contributed by atoms with Crippen molar-refractivity contribution in [3.8, 4) is 11.3 Å². The van der Waals surface area contributed by atoms with E-state index >= 15 is 0 Å². The predicted octanol–water partition coefficient (Wildman–Crippen LogP) is 1.69. The molecule has 0 fully saturated rings. The number of pyridine rings is 1. The minimum Gasteiger partial charge on any atom is -0.308 e. The number of fused-ring (bicyclic) bond motifs is 1. The highest BCUT2D eigenvalue weighted by atomic mass is 15.4. The van der Waals surface area contributed by atoms with Crippen LogP contribution < -0.4 is 11.3 Å². The number of nitrogens with one attached hydrogen (secondary N) is 1. The van der Waals surface area contributed by atoms with Gasteiger partial charge < -0.3 is 5.43 Å². The minimum atomic E-state index is 0.748. The topological polar surface area (TPSA) is 81.1 Å². The van der Waals surface area contributed by atoms with E-state index in [9.17, 15) is 0 Å². The first-order valence-corrected chi connectivity index (χ1v) is 5.94. The molecular weight excluding hydrogens is 240 g/mol. The summed E-state index contributed by atoms with van der Waals surface area (Å²) in [6.45, 7) is 3.91. The molecule has 3 rings (SSSR count). The molecule has 0 unspecified atom stereocenters. The van der Waals surface area contributed by atoms with Gasteiger partial charge in [0.25, 0.3) is 0 Å². The monoisotopic (exact) mass is 254 g/mol. The van der Waals surface area contributed by atoms with Gasteiger partial charge >= 0.3 is 0 Å². The molecule has 0 amide bonds. The van der Waals surface area contributed by atoms with Crippen LogP contribution in [0.2, 0.25) is 0 Å². The zero-order valence-electron chi connectivity index (χ0n) is 10.8. The summed E-state index contributed by atoms with van der Waals surface area (Å²) in [7, 11) is 0. The maximum Gasteiger partial charge on any atom is 0.158 e. The molecular formula is C13H14N6. The van der Waals surface area contributed by atoms with Gasteiger partial charge in [0.15, 0.2) is 5.65 Å². The highest BCUT2D eigenvalue weighted by Crippen LogP contribution is 2.23.